The van der Waals surface area contributed by atoms with Crippen LogP contribution in [0.1, 0.15) is 23.8 Å². The predicted octanol–water partition coefficient (Wildman–Crippen LogP) is 3.88. The fraction of sp³-hybridized carbons (Fsp3) is 0.350. The zero-order valence-electron chi connectivity index (χ0n) is 15.0. The summed E-state index contributed by atoms with van der Waals surface area (Å²) < 4.78 is 30.7. The second-order valence-corrected chi connectivity index (χ2v) is 9.55. The van der Waals surface area contributed by atoms with E-state index >= 15 is 0 Å². The molecule has 0 radical (unpaired) electrons. The third kappa shape index (κ3) is 4.66. The lowest BCUT2D eigenvalue weighted by Crippen LogP contribution is -2.37. The van der Waals surface area contributed by atoms with Gasteiger partial charge in [-0.2, -0.15) is 8.42 Å². The molecule has 4 rings (SSSR count). The van der Waals surface area contributed by atoms with Gasteiger partial charge < -0.3 is 9.08 Å². The molecule has 0 amide bonds. The van der Waals surface area contributed by atoms with E-state index in [1.807, 2.05) is 18.2 Å². The minimum atomic E-state index is -3.57. The first kappa shape index (κ1) is 18.4. The molecule has 1 aromatic heterocycles. The largest absolute Gasteiger partial charge is 0.382 e. The molecule has 27 heavy (non-hydrogen) atoms. The van der Waals surface area contributed by atoms with Crippen molar-refractivity contribution in [2.45, 2.75) is 18.8 Å². The molecule has 0 bridgehead atoms. The number of likely N-dealkylation sites (tertiary alicyclic amines) is 1. The monoisotopic (exact) mass is 402 g/mol. The molecule has 2 heterocycles. The van der Waals surface area contributed by atoms with Gasteiger partial charge in [-0.25, -0.2) is 4.98 Å². The van der Waals surface area contributed by atoms with Crippen molar-refractivity contribution in [2.75, 3.05) is 25.4 Å². The Hall–Kier alpha value is -1.96. The van der Waals surface area contributed by atoms with Crippen molar-refractivity contribution in [2.24, 2.45) is 0 Å². The number of para-hydroxylation sites is 2. The van der Waals surface area contributed by atoms with Gasteiger partial charge in [-0.1, -0.05) is 30.3 Å². The number of hydrogen-bond acceptors (Lipinski definition) is 6. The van der Waals surface area contributed by atoms with Crippen LogP contribution in [-0.2, 0) is 10.1 Å². The highest BCUT2D eigenvalue weighted by Gasteiger charge is 2.24. The van der Waals surface area contributed by atoms with Crippen molar-refractivity contribution in [3.63, 3.8) is 0 Å². The van der Waals surface area contributed by atoms with Gasteiger partial charge in [0.25, 0.3) is 0 Å². The topological polar surface area (TPSA) is 59.5 Å². The van der Waals surface area contributed by atoms with E-state index in [1.54, 1.807) is 35.6 Å². The van der Waals surface area contributed by atoms with Crippen LogP contribution in [0.4, 0.5) is 0 Å². The Bertz CT molecular complexity index is 961. The molecule has 7 heteroatoms. The van der Waals surface area contributed by atoms with Gasteiger partial charge in [0, 0.05) is 12.5 Å². The van der Waals surface area contributed by atoms with Crippen molar-refractivity contribution < 1.29 is 12.6 Å². The van der Waals surface area contributed by atoms with E-state index in [2.05, 4.69) is 17.0 Å². The highest BCUT2D eigenvalue weighted by Crippen LogP contribution is 2.33. The number of rotatable bonds is 6. The normalized spacial score (nSPS) is 16.6. The van der Waals surface area contributed by atoms with Crippen molar-refractivity contribution in [1.82, 2.24) is 9.88 Å². The van der Waals surface area contributed by atoms with E-state index in [1.165, 1.54) is 9.71 Å². The standard InChI is InChI=1S/C20H22N2O3S2/c23-27(24,25-17-6-2-1-3-7-17)15-14-22-12-10-16(11-13-22)20-21-18-8-4-5-9-19(18)26-20/h1-9,16H,10-15H2. The molecule has 1 aliphatic heterocycles. The quantitative estimate of drug-likeness (QED) is 0.586. The maximum absolute atomic E-state index is 12.2. The van der Waals surface area contributed by atoms with Gasteiger partial charge in [-0.05, 0) is 50.2 Å². The number of fused-ring (bicyclic) bond motifs is 1. The van der Waals surface area contributed by atoms with Gasteiger partial charge in [-0.3, -0.25) is 0 Å². The third-order valence-corrected chi connectivity index (χ3v) is 7.20. The number of hydrogen-bond donors (Lipinski definition) is 0. The van der Waals surface area contributed by atoms with Gasteiger partial charge in [-0.15, -0.1) is 11.3 Å². The Morgan fingerprint density at radius 1 is 1.04 bits per heavy atom. The summed E-state index contributed by atoms with van der Waals surface area (Å²) in [6.45, 7) is 2.28. The lowest BCUT2D eigenvalue weighted by atomic mass is 9.98. The average molecular weight is 403 g/mol. The molecule has 0 aliphatic carbocycles. The second kappa shape index (κ2) is 7.96. The number of thiazole rings is 1. The van der Waals surface area contributed by atoms with Crippen LogP contribution in [0.3, 0.4) is 0 Å². The Balaban J connectivity index is 1.29. The Labute approximate surface area is 163 Å². The second-order valence-electron chi connectivity index (χ2n) is 6.79. The summed E-state index contributed by atoms with van der Waals surface area (Å²) >= 11 is 1.78. The van der Waals surface area contributed by atoms with Crippen molar-refractivity contribution in [3.05, 3.63) is 59.6 Å². The summed E-state index contributed by atoms with van der Waals surface area (Å²) in [6.07, 6.45) is 2.03. The molecule has 142 valence electrons. The third-order valence-electron chi connectivity index (χ3n) is 4.87. The van der Waals surface area contributed by atoms with Crippen LogP contribution >= 0.6 is 11.3 Å². The predicted molar refractivity (Wildman–Crippen MR) is 109 cm³/mol. The Kier molecular flexibility index (Phi) is 5.43. The summed E-state index contributed by atoms with van der Waals surface area (Å²) in [7, 11) is -3.57. The zero-order chi connectivity index (χ0) is 18.7. The molecule has 5 nitrogen and oxygen atoms in total. The fourth-order valence-electron chi connectivity index (χ4n) is 3.37. The summed E-state index contributed by atoms with van der Waals surface area (Å²) in [5.41, 5.74) is 1.07. The molecular weight excluding hydrogens is 380 g/mol. The average Bonchev–Trinajstić information content (AvgIpc) is 3.12. The first-order chi connectivity index (χ1) is 13.1. The van der Waals surface area contributed by atoms with Crippen molar-refractivity contribution in [3.8, 4) is 5.75 Å². The summed E-state index contributed by atoms with van der Waals surface area (Å²) in [6, 6.07) is 16.9. The molecule has 1 saturated heterocycles. The van der Waals surface area contributed by atoms with E-state index < -0.39 is 10.1 Å². The fourth-order valence-corrected chi connectivity index (χ4v) is 5.48. The number of benzene rings is 2. The number of nitrogens with zero attached hydrogens (tertiary/aromatic N) is 2. The van der Waals surface area contributed by atoms with Crippen LogP contribution in [0.15, 0.2) is 54.6 Å². The summed E-state index contributed by atoms with van der Waals surface area (Å²) in [4.78, 5) is 6.98. The molecule has 0 unspecified atom stereocenters. The molecular formula is C20H22N2O3S2. The smallest absolute Gasteiger partial charge is 0.310 e. The molecule has 2 aromatic carbocycles. The van der Waals surface area contributed by atoms with E-state index in [-0.39, 0.29) is 5.75 Å². The van der Waals surface area contributed by atoms with E-state index in [9.17, 15) is 8.42 Å². The van der Waals surface area contributed by atoms with E-state index in [4.69, 9.17) is 9.17 Å². The maximum atomic E-state index is 12.2. The molecule has 1 fully saturated rings. The SMILES string of the molecule is O=S(=O)(CCN1CCC(c2nc3ccccc3s2)CC1)Oc1ccccc1. The first-order valence-electron chi connectivity index (χ1n) is 9.14. The Morgan fingerprint density at radius 3 is 2.48 bits per heavy atom. The van der Waals surface area contributed by atoms with Crippen LogP contribution in [0, 0.1) is 0 Å². The minimum absolute atomic E-state index is 0.00764. The van der Waals surface area contributed by atoms with Gasteiger partial charge >= 0.3 is 10.1 Å². The first-order valence-corrected chi connectivity index (χ1v) is 11.5. The molecule has 0 N–H and O–H groups in total. The highest BCUT2D eigenvalue weighted by molar-refractivity contribution is 7.87. The lowest BCUT2D eigenvalue weighted by Gasteiger charge is -2.30. The number of piperidine rings is 1. The molecule has 0 atom stereocenters. The zero-order valence-corrected chi connectivity index (χ0v) is 16.6. The van der Waals surface area contributed by atoms with Crippen LogP contribution in [0.5, 0.6) is 5.75 Å². The molecule has 3 aromatic rings. The van der Waals surface area contributed by atoms with E-state index in [0.717, 1.165) is 31.4 Å². The van der Waals surface area contributed by atoms with Gasteiger partial charge in [0.05, 0.1) is 21.0 Å². The van der Waals surface area contributed by atoms with Gasteiger partial charge in [0.2, 0.25) is 0 Å². The number of aromatic nitrogens is 1. The van der Waals surface area contributed by atoms with Crippen LogP contribution in [-0.4, -0.2) is 43.7 Å². The summed E-state index contributed by atoms with van der Waals surface area (Å²) in [5, 5.41) is 1.20. The summed E-state index contributed by atoms with van der Waals surface area (Å²) in [5.74, 6) is 0.844. The van der Waals surface area contributed by atoms with Gasteiger partial charge in [0.15, 0.2) is 0 Å². The van der Waals surface area contributed by atoms with Crippen LogP contribution < -0.4 is 4.18 Å². The van der Waals surface area contributed by atoms with Crippen molar-refractivity contribution in [1.29, 1.82) is 0 Å². The van der Waals surface area contributed by atoms with Crippen molar-refractivity contribution >= 4 is 31.7 Å². The molecule has 1 aliphatic rings. The minimum Gasteiger partial charge on any atom is -0.382 e. The Morgan fingerprint density at radius 2 is 1.74 bits per heavy atom. The lowest BCUT2D eigenvalue weighted by molar-refractivity contribution is 0.222. The molecule has 0 saturated carbocycles. The maximum Gasteiger partial charge on any atom is 0.310 e. The highest BCUT2D eigenvalue weighted by atomic mass is 32.2. The van der Waals surface area contributed by atoms with E-state index in [0.29, 0.717) is 18.2 Å². The van der Waals surface area contributed by atoms with Crippen LogP contribution in [0.25, 0.3) is 10.2 Å². The molecule has 0 spiro atoms. The van der Waals surface area contributed by atoms with Gasteiger partial charge in [0.1, 0.15) is 5.75 Å². The van der Waals surface area contributed by atoms with Crippen LogP contribution in [0.2, 0.25) is 0 Å².